The Kier molecular flexibility index (Phi) is 4.76. The van der Waals surface area contributed by atoms with Gasteiger partial charge in [-0.05, 0) is 54.6 Å². The molecule has 18 heavy (non-hydrogen) atoms. The van der Waals surface area contributed by atoms with Crippen molar-refractivity contribution in [3.63, 3.8) is 0 Å². The molecule has 0 N–H and O–H groups in total. The minimum Gasteiger partial charge on any atom is -0.490 e. The van der Waals surface area contributed by atoms with Crippen molar-refractivity contribution in [2.24, 2.45) is 0 Å². The molecule has 0 amide bonds. The van der Waals surface area contributed by atoms with Gasteiger partial charge >= 0.3 is 0 Å². The van der Waals surface area contributed by atoms with Gasteiger partial charge in [-0.25, -0.2) is 0 Å². The summed E-state index contributed by atoms with van der Waals surface area (Å²) in [6.07, 6.45) is 0. The molecular formula is C12H13IN2O2S. The molecule has 0 aliphatic rings. The molecule has 0 aliphatic heterocycles. The fourth-order valence-corrected chi connectivity index (χ4v) is 2.81. The van der Waals surface area contributed by atoms with Gasteiger partial charge in [0.25, 0.3) is 0 Å². The molecule has 0 aliphatic carbocycles. The average Bonchev–Trinajstić information content (AvgIpc) is 2.79. The Morgan fingerprint density at radius 2 is 1.83 bits per heavy atom. The lowest BCUT2D eigenvalue weighted by Gasteiger charge is -2.11. The monoisotopic (exact) mass is 376 g/mol. The number of nitrogens with zero attached hydrogens (tertiary/aromatic N) is 2. The summed E-state index contributed by atoms with van der Waals surface area (Å²) in [7, 11) is 0. The molecule has 1 aromatic carbocycles. The van der Waals surface area contributed by atoms with E-state index in [0.717, 1.165) is 25.1 Å². The lowest BCUT2D eigenvalue weighted by molar-refractivity contribution is 0.288. The summed E-state index contributed by atoms with van der Waals surface area (Å²) >= 11 is 3.72. The third kappa shape index (κ3) is 3.11. The highest BCUT2D eigenvalue weighted by atomic mass is 127. The molecule has 2 aromatic rings. The van der Waals surface area contributed by atoms with Crippen LogP contribution in [0.4, 0.5) is 0 Å². The fraction of sp³-hybridized carbons (Fsp3) is 0.333. The van der Waals surface area contributed by atoms with Crippen LogP contribution < -0.4 is 9.47 Å². The van der Waals surface area contributed by atoms with Crippen molar-refractivity contribution in [2.75, 3.05) is 13.2 Å². The van der Waals surface area contributed by atoms with E-state index in [1.807, 2.05) is 32.0 Å². The van der Waals surface area contributed by atoms with E-state index in [0.29, 0.717) is 13.2 Å². The first-order chi connectivity index (χ1) is 8.74. The van der Waals surface area contributed by atoms with E-state index in [1.54, 1.807) is 11.3 Å². The maximum atomic E-state index is 5.59. The van der Waals surface area contributed by atoms with Crippen molar-refractivity contribution in [1.82, 2.24) is 10.2 Å². The number of hydrogen-bond acceptors (Lipinski definition) is 5. The summed E-state index contributed by atoms with van der Waals surface area (Å²) in [5.41, 5.74) is 1.00. The van der Waals surface area contributed by atoms with E-state index < -0.39 is 0 Å². The third-order valence-corrected chi connectivity index (χ3v) is 3.83. The highest BCUT2D eigenvalue weighted by Gasteiger charge is 2.10. The van der Waals surface area contributed by atoms with Crippen molar-refractivity contribution >= 4 is 33.9 Å². The van der Waals surface area contributed by atoms with Crippen molar-refractivity contribution < 1.29 is 9.47 Å². The standard InChI is InChI=1S/C12H13IN2O2S/c1-3-16-9-6-5-8(7-10(9)17-4-2)11-14-15-12(13)18-11/h5-7H,3-4H2,1-2H3. The quantitative estimate of drug-likeness (QED) is 0.748. The van der Waals surface area contributed by atoms with Crippen molar-refractivity contribution in [2.45, 2.75) is 13.8 Å². The van der Waals surface area contributed by atoms with Crippen LogP contribution in [-0.2, 0) is 0 Å². The molecule has 0 bridgehead atoms. The molecule has 0 atom stereocenters. The van der Waals surface area contributed by atoms with Gasteiger partial charge in [-0.1, -0.05) is 11.3 Å². The van der Waals surface area contributed by atoms with Crippen LogP contribution in [0, 0.1) is 3.01 Å². The molecule has 1 aromatic heterocycles. The van der Waals surface area contributed by atoms with E-state index in [1.165, 1.54) is 0 Å². The predicted octanol–water partition coefficient (Wildman–Crippen LogP) is 3.61. The van der Waals surface area contributed by atoms with Gasteiger partial charge in [0.2, 0.25) is 0 Å². The number of aromatic nitrogens is 2. The molecule has 2 rings (SSSR count). The fourth-order valence-electron chi connectivity index (χ4n) is 1.51. The first kappa shape index (κ1) is 13.5. The van der Waals surface area contributed by atoms with E-state index in [2.05, 4.69) is 32.8 Å². The van der Waals surface area contributed by atoms with Gasteiger partial charge in [0.05, 0.1) is 13.2 Å². The summed E-state index contributed by atoms with van der Waals surface area (Å²) in [6, 6.07) is 5.84. The summed E-state index contributed by atoms with van der Waals surface area (Å²) in [5.74, 6) is 1.52. The van der Waals surface area contributed by atoms with E-state index in [-0.39, 0.29) is 0 Å². The SMILES string of the molecule is CCOc1ccc(-c2nnc(I)s2)cc1OCC. The van der Waals surface area contributed by atoms with Gasteiger partial charge in [-0.3, -0.25) is 0 Å². The van der Waals surface area contributed by atoms with Gasteiger partial charge in [-0.15, -0.1) is 10.2 Å². The van der Waals surface area contributed by atoms with Gasteiger partial charge < -0.3 is 9.47 Å². The largest absolute Gasteiger partial charge is 0.490 e. The summed E-state index contributed by atoms with van der Waals surface area (Å²) in [6.45, 7) is 5.14. The maximum Gasteiger partial charge on any atom is 0.178 e. The van der Waals surface area contributed by atoms with E-state index >= 15 is 0 Å². The number of ether oxygens (including phenoxy) is 2. The van der Waals surface area contributed by atoms with Crippen LogP contribution in [0.5, 0.6) is 11.5 Å². The Morgan fingerprint density at radius 3 is 2.44 bits per heavy atom. The second-order valence-electron chi connectivity index (χ2n) is 3.39. The summed E-state index contributed by atoms with van der Waals surface area (Å²) in [5, 5.41) is 9.03. The van der Waals surface area contributed by atoms with Crippen LogP contribution in [0.25, 0.3) is 10.6 Å². The zero-order chi connectivity index (χ0) is 13.0. The number of halogens is 1. The van der Waals surface area contributed by atoms with Gasteiger partial charge in [-0.2, -0.15) is 0 Å². The molecule has 4 nitrogen and oxygen atoms in total. The molecule has 0 unspecified atom stereocenters. The van der Waals surface area contributed by atoms with Gasteiger partial charge in [0, 0.05) is 5.56 Å². The topological polar surface area (TPSA) is 44.2 Å². The maximum absolute atomic E-state index is 5.59. The third-order valence-electron chi connectivity index (χ3n) is 2.19. The Bertz CT molecular complexity index is 531. The van der Waals surface area contributed by atoms with Crippen molar-refractivity contribution in [3.05, 3.63) is 21.2 Å². The minimum absolute atomic E-state index is 0.608. The molecule has 96 valence electrons. The van der Waals surface area contributed by atoms with Gasteiger partial charge in [0.1, 0.15) is 5.01 Å². The van der Waals surface area contributed by atoms with Crippen LogP contribution in [0.15, 0.2) is 18.2 Å². The highest BCUT2D eigenvalue weighted by molar-refractivity contribution is 14.1. The summed E-state index contributed by atoms with van der Waals surface area (Å²) < 4.78 is 12.0. The van der Waals surface area contributed by atoms with Crippen LogP contribution in [0.2, 0.25) is 0 Å². The van der Waals surface area contributed by atoms with Crippen molar-refractivity contribution in [3.8, 4) is 22.1 Å². The zero-order valence-corrected chi connectivity index (χ0v) is 13.1. The lowest BCUT2D eigenvalue weighted by atomic mass is 10.2. The first-order valence-corrected chi connectivity index (χ1v) is 7.53. The second kappa shape index (κ2) is 6.33. The molecular weight excluding hydrogens is 363 g/mol. The van der Waals surface area contributed by atoms with E-state index in [4.69, 9.17) is 9.47 Å². The predicted molar refractivity (Wildman–Crippen MR) is 80.4 cm³/mol. The molecule has 0 spiro atoms. The smallest absolute Gasteiger partial charge is 0.178 e. The molecule has 0 fully saturated rings. The summed E-state index contributed by atoms with van der Waals surface area (Å²) in [4.78, 5) is 0. The Hall–Kier alpha value is -0.890. The molecule has 0 saturated heterocycles. The second-order valence-corrected chi connectivity index (χ2v) is 6.12. The first-order valence-electron chi connectivity index (χ1n) is 5.63. The minimum atomic E-state index is 0.608. The number of benzene rings is 1. The van der Waals surface area contributed by atoms with Crippen LogP contribution in [0.1, 0.15) is 13.8 Å². The zero-order valence-electron chi connectivity index (χ0n) is 10.1. The number of hydrogen-bond donors (Lipinski definition) is 0. The Morgan fingerprint density at radius 1 is 1.11 bits per heavy atom. The molecule has 0 saturated carbocycles. The average molecular weight is 376 g/mol. The molecule has 0 radical (unpaired) electrons. The van der Waals surface area contributed by atoms with Gasteiger partial charge in [0.15, 0.2) is 14.5 Å². The number of rotatable bonds is 5. The highest BCUT2D eigenvalue weighted by Crippen LogP contribution is 2.34. The van der Waals surface area contributed by atoms with Crippen LogP contribution in [-0.4, -0.2) is 23.4 Å². The van der Waals surface area contributed by atoms with E-state index in [9.17, 15) is 0 Å². The normalized spacial score (nSPS) is 10.4. The molecule has 1 heterocycles. The lowest BCUT2D eigenvalue weighted by Crippen LogP contribution is -1.98. The van der Waals surface area contributed by atoms with Crippen molar-refractivity contribution in [1.29, 1.82) is 0 Å². The van der Waals surface area contributed by atoms with Crippen LogP contribution in [0.3, 0.4) is 0 Å². The Balaban J connectivity index is 2.35. The Labute approximate surface area is 123 Å². The van der Waals surface area contributed by atoms with Crippen LogP contribution >= 0.6 is 33.9 Å². The molecule has 6 heteroatoms.